The minimum atomic E-state index is -0.778. The summed E-state index contributed by atoms with van der Waals surface area (Å²) in [5.41, 5.74) is 0. The lowest BCUT2D eigenvalue weighted by Crippen LogP contribution is -2.30. The van der Waals surface area contributed by atoms with Crippen LogP contribution in [0.3, 0.4) is 0 Å². The monoisotopic (exact) mass is 915 g/mol. The summed E-state index contributed by atoms with van der Waals surface area (Å²) in [7, 11) is 0. The normalized spacial score (nSPS) is 12.1. The van der Waals surface area contributed by atoms with Crippen molar-refractivity contribution in [2.24, 2.45) is 0 Å². The zero-order valence-corrected chi connectivity index (χ0v) is 43.8. The molecule has 0 aromatic heterocycles. The molecule has 0 aromatic rings. The van der Waals surface area contributed by atoms with Crippen LogP contribution in [0.25, 0.3) is 0 Å². The van der Waals surface area contributed by atoms with Crippen molar-refractivity contribution in [1.82, 2.24) is 0 Å². The fraction of sp³-hybridized carbons (Fsp3) is 0.881. The van der Waals surface area contributed by atoms with E-state index in [9.17, 15) is 14.4 Å². The Labute approximate surface area is 404 Å². The molecule has 6 heteroatoms. The minimum Gasteiger partial charge on any atom is -0.462 e. The first-order valence-corrected chi connectivity index (χ1v) is 28.8. The summed E-state index contributed by atoms with van der Waals surface area (Å²) in [6, 6.07) is 0. The van der Waals surface area contributed by atoms with Crippen molar-refractivity contribution < 1.29 is 28.6 Å². The fourth-order valence-corrected chi connectivity index (χ4v) is 8.66. The van der Waals surface area contributed by atoms with Crippen molar-refractivity contribution in [2.75, 3.05) is 13.2 Å². The van der Waals surface area contributed by atoms with Gasteiger partial charge in [-0.3, -0.25) is 14.4 Å². The molecule has 1 unspecified atom stereocenters. The quantitative estimate of drug-likeness (QED) is 0.0262. The Morgan fingerprint density at radius 2 is 0.600 bits per heavy atom. The predicted octanol–water partition coefficient (Wildman–Crippen LogP) is 19.1. The summed E-state index contributed by atoms with van der Waals surface area (Å²) in [6.45, 7) is 6.54. The summed E-state index contributed by atoms with van der Waals surface area (Å²) in [4.78, 5) is 38.0. The number of unbranched alkanes of at least 4 members (excludes halogenated alkanes) is 38. The van der Waals surface area contributed by atoms with Crippen LogP contribution < -0.4 is 0 Å². The van der Waals surface area contributed by atoms with Crippen molar-refractivity contribution >= 4 is 17.9 Å². The van der Waals surface area contributed by atoms with E-state index in [-0.39, 0.29) is 31.1 Å². The van der Waals surface area contributed by atoms with Gasteiger partial charge in [0.25, 0.3) is 0 Å². The molecule has 0 aliphatic heterocycles. The first-order chi connectivity index (χ1) is 32.0. The lowest BCUT2D eigenvalue weighted by Gasteiger charge is -2.18. The van der Waals surface area contributed by atoms with Gasteiger partial charge in [0.05, 0.1) is 0 Å². The van der Waals surface area contributed by atoms with E-state index >= 15 is 0 Å². The van der Waals surface area contributed by atoms with E-state index in [0.29, 0.717) is 19.3 Å². The Morgan fingerprint density at radius 1 is 0.323 bits per heavy atom. The molecule has 0 fully saturated rings. The Morgan fingerprint density at radius 3 is 0.923 bits per heavy atom. The molecule has 0 heterocycles. The van der Waals surface area contributed by atoms with Gasteiger partial charge in [-0.2, -0.15) is 0 Å². The van der Waals surface area contributed by atoms with Gasteiger partial charge in [-0.1, -0.05) is 276 Å². The van der Waals surface area contributed by atoms with Crippen LogP contribution in [0, 0.1) is 0 Å². The van der Waals surface area contributed by atoms with Crippen LogP contribution in [-0.4, -0.2) is 37.2 Å². The third-order valence-electron chi connectivity index (χ3n) is 13.0. The second-order valence-electron chi connectivity index (χ2n) is 19.5. The van der Waals surface area contributed by atoms with Gasteiger partial charge in [0, 0.05) is 19.3 Å². The topological polar surface area (TPSA) is 78.9 Å². The van der Waals surface area contributed by atoms with Gasteiger partial charge >= 0.3 is 17.9 Å². The molecule has 0 N–H and O–H groups in total. The molecule has 0 saturated carbocycles. The third kappa shape index (κ3) is 52.7. The first-order valence-electron chi connectivity index (χ1n) is 28.8. The Bertz CT molecular complexity index is 1050. The Kier molecular flexibility index (Phi) is 52.7. The van der Waals surface area contributed by atoms with Crippen molar-refractivity contribution in [3.8, 4) is 0 Å². The van der Waals surface area contributed by atoms with Gasteiger partial charge < -0.3 is 14.2 Å². The van der Waals surface area contributed by atoms with E-state index in [4.69, 9.17) is 14.2 Å². The van der Waals surface area contributed by atoms with Crippen LogP contribution in [0.1, 0.15) is 316 Å². The molecular weight excluding hydrogens is 805 g/mol. The van der Waals surface area contributed by atoms with Gasteiger partial charge in [-0.25, -0.2) is 0 Å². The third-order valence-corrected chi connectivity index (χ3v) is 13.0. The van der Waals surface area contributed by atoms with Crippen LogP contribution in [0.2, 0.25) is 0 Å². The maximum absolute atomic E-state index is 12.8. The van der Waals surface area contributed by atoms with Gasteiger partial charge in [0.1, 0.15) is 13.2 Å². The second-order valence-corrected chi connectivity index (χ2v) is 19.5. The summed E-state index contributed by atoms with van der Waals surface area (Å²) < 4.78 is 16.8. The summed E-state index contributed by atoms with van der Waals surface area (Å²) >= 11 is 0. The summed E-state index contributed by atoms with van der Waals surface area (Å²) in [5.74, 6) is -0.894. The molecule has 0 aliphatic carbocycles. The van der Waals surface area contributed by atoms with E-state index in [0.717, 1.165) is 70.6 Å². The van der Waals surface area contributed by atoms with Crippen LogP contribution in [-0.2, 0) is 28.6 Å². The molecule has 0 rings (SSSR count). The smallest absolute Gasteiger partial charge is 0.306 e. The van der Waals surface area contributed by atoms with Crippen molar-refractivity contribution in [2.45, 2.75) is 322 Å². The van der Waals surface area contributed by atoms with Crippen LogP contribution in [0.4, 0.5) is 0 Å². The van der Waals surface area contributed by atoms with Crippen LogP contribution in [0.5, 0.6) is 0 Å². The first kappa shape index (κ1) is 62.9. The highest BCUT2D eigenvalue weighted by Crippen LogP contribution is 2.17. The summed E-state index contributed by atoms with van der Waals surface area (Å²) in [5, 5.41) is 0. The number of carbonyl (C=O) groups excluding carboxylic acids is 3. The maximum Gasteiger partial charge on any atom is 0.306 e. The Balaban J connectivity index is 4.21. The number of allylic oxidation sites excluding steroid dienone is 4. The second kappa shape index (κ2) is 54.5. The number of hydrogen-bond acceptors (Lipinski definition) is 6. The van der Waals surface area contributed by atoms with E-state index in [1.54, 1.807) is 0 Å². The largest absolute Gasteiger partial charge is 0.462 e. The molecule has 0 aromatic carbocycles. The number of ether oxygens (including phenoxy) is 3. The van der Waals surface area contributed by atoms with Crippen molar-refractivity contribution in [3.05, 3.63) is 24.3 Å². The molecule has 1 atom stereocenters. The molecule has 0 bridgehead atoms. The van der Waals surface area contributed by atoms with Crippen LogP contribution in [0.15, 0.2) is 24.3 Å². The maximum atomic E-state index is 12.8. The Hall–Kier alpha value is -2.11. The predicted molar refractivity (Wildman–Crippen MR) is 279 cm³/mol. The van der Waals surface area contributed by atoms with E-state index in [1.165, 1.54) is 205 Å². The van der Waals surface area contributed by atoms with Crippen LogP contribution >= 0.6 is 0 Å². The molecule has 65 heavy (non-hydrogen) atoms. The minimum absolute atomic E-state index is 0.0759. The van der Waals surface area contributed by atoms with E-state index < -0.39 is 6.10 Å². The SMILES string of the molecule is CC/C=C\C/C=C\CCCCC(=O)OCC(COC(=O)CCCCCCCCCCCCCCCCCCCCC)OC(=O)CCCCCCCCCCCCCCCCCCCCC. The fourth-order valence-electron chi connectivity index (χ4n) is 8.66. The summed E-state index contributed by atoms with van der Waals surface area (Å²) in [6.07, 6.45) is 63.4. The number of esters is 3. The van der Waals surface area contributed by atoms with Crippen molar-refractivity contribution in [1.29, 1.82) is 0 Å². The van der Waals surface area contributed by atoms with E-state index in [2.05, 4.69) is 45.1 Å². The van der Waals surface area contributed by atoms with Gasteiger partial charge in [-0.05, 0) is 44.9 Å². The molecular formula is C59H110O6. The molecule has 382 valence electrons. The zero-order chi connectivity index (χ0) is 47.2. The lowest BCUT2D eigenvalue weighted by molar-refractivity contribution is -0.167. The van der Waals surface area contributed by atoms with Crippen molar-refractivity contribution in [3.63, 3.8) is 0 Å². The number of rotatable bonds is 53. The lowest BCUT2D eigenvalue weighted by atomic mass is 10.0. The average Bonchev–Trinajstić information content (AvgIpc) is 3.30. The zero-order valence-electron chi connectivity index (χ0n) is 43.8. The molecule has 0 radical (unpaired) electrons. The standard InChI is InChI=1S/C59H110O6/c1-4-7-10-13-16-19-21-23-25-27-29-31-33-35-37-40-43-46-49-52-58(61)64-55-56(54-63-57(60)51-48-45-42-39-18-15-12-9-6-3)65-59(62)53-50-47-44-41-38-36-34-32-30-28-26-24-22-20-17-14-11-8-5-2/h9,12,18,39,56H,4-8,10-11,13-17,19-38,40-55H2,1-3H3/b12-9-,39-18-. The van der Waals surface area contributed by atoms with Gasteiger partial charge in [0.15, 0.2) is 6.10 Å². The highest BCUT2D eigenvalue weighted by molar-refractivity contribution is 5.71. The molecule has 0 spiro atoms. The highest BCUT2D eigenvalue weighted by atomic mass is 16.6. The molecule has 0 saturated heterocycles. The number of hydrogen-bond donors (Lipinski definition) is 0. The van der Waals surface area contributed by atoms with Gasteiger partial charge in [-0.15, -0.1) is 0 Å². The van der Waals surface area contributed by atoms with Gasteiger partial charge in [0.2, 0.25) is 0 Å². The number of carbonyl (C=O) groups is 3. The molecule has 6 nitrogen and oxygen atoms in total. The van der Waals surface area contributed by atoms with E-state index in [1.807, 2.05) is 0 Å². The molecule has 0 aliphatic rings. The average molecular weight is 916 g/mol. The highest BCUT2D eigenvalue weighted by Gasteiger charge is 2.19. The molecule has 0 amide bonds.